The molecule has 0 heterocycles. The summed E-state index contributed by atoms with van der Waals surface area (Å²) in [4.78, 5) is 2.19. The second kappa shape index (κ2) is 6.12. The molecule has 2 heteroatoms. The van der Waals surface area contributed by atoms with Gasteiger partial charge in [0.05, 0.1) is 5.38 Å². The van der Waals surface area contributed by atoms with E-state index in [1.165, 1.54) is 22.4 Å². The Kier molecular flexibility index (Phi) is 4.49. The molecule has 19 heavy (non-hydrogen) atoms. The van der Waals surface area contributed by atoms with Crippen LogP contribution in [0.4, 0.5) is 5.69 Å². The van der Waals surface area contributed by atoms with Gasteiger partial charge in [0.1, 0.15) is 0 Å². The number of aryl methyl sites for hydroxylation is 2. The van der Waals surface area contributed by atoms with Gasteiger partial charge in [-0.3, -0.25) is 0 Å². The van der Waals surface area contributed by atoms with Gasteiger partial charge in [0.25, 0.3) is 0 Å². The number of halogens is 1. The fourth-order valence-corrected chi connectivity index (χ4v) is 2.76. The highest BCUT2D eigenvalue weighted by atomic mass is 35.5. The minimum absolute atomic E-state index is 0.00538. The molecule has 0 saturated heterocycles. The molecule has 2 rings (SSSR count). The highest BCUT2D eigenvalue weighted by Gasteiger charge is 2.13. The third-order valence-electron chi connectivity index (χ3n) is 3.39. The molecule has 0 amide bonds. The van der Waals surface area contributed by atoms with Crippen LogP contribution in [0.3, 0.4) is 0 Å². The van der Waals surface area contributed by atoms with Gasteiger partial charge in [-0.1, -0.05) is 42.0 Å². The van der Waals surface area contributed by atoms with Crippen LogP contribution < -0.4 is 4.90 Å². The van der Waals surface area contributed by atoms with Crippen molar-refractivity contribution in [1.29, 1.82) is 0 Å². The first-order valence-corrected chi connectivity index (χ1v) is 6.99. The summed E-state index contributed by atoms with van der Waals surface area (Å²) in [5.41, 5.74) is 4.95. The maximum Gasteiger partial charge on any atom is 0.0762 e. The highest BCUT2D eigenvalue weighted by Crippen LogP contribution is 2.26. The quantitative estimate of drug-likeness (QED) is 0.729. The van der Waals surface area contributed by atoms with Gasteiger partial charge in [0, 0.05) is 19.3 Å². The van der Waals surface area contributed by atoms with Gasteiger partial charge in [0.15, 0.2) is 0 Å². The van der Waals surface area contributed by atoms with E-state index in [0.29, 0.717) is 0 Å². The second-order valence-electron chi connectivity index (χ2n) is 5.04. The predicted molar refractivity (Wildman–Crippen MR) is 84.2 cm³/mol. The van der Waals surface area contributed by atoms with Crippen molar-refractivity contribution < 1.29 is 0 Å². The van der Waals surface area contributed by atoms with Crippen molar-refractivity contribution >= 4 is 17.3 Å². The molecule has 0 bridgehead atoms. The number of anilines is 1. The lowest BCUT2D eigenvalue weighted by Gasteiger charge is -2.23. The molecule has 1 nitrogen and oxygen atoms in total. The number of likely N-dealkylation sites (N-methyl/N-ethyl adjacent to an activating group) is 1. The lowest BCUT2D eigenvalue weighted by Crippen LogP contribution is -2.22. The van der Waals surface area contributed by atoms with Crippen LogP contribution in [0.1, 0.15) is 22.1 Å². The van der Waals surface area contributed by atoms with Crippen LogP contribution in [-0.2, 0) is 0 Å². The monoisotopic (exact) mass is 273 g/mol. The van der Waals surface area contributed by atoms with E-state index in [4.69, 9.17) is 11.6 Å². The van der Waals surface area contributed by atoms with Crippen molar-refractivity contribution in [3.63, 3.8) is 0 Å². The summed E-state index contributed by atoms with van der Waals surface area (Å²) >= 11 is 6.57. The van der Waals surface area contributed by atoms with Gasteiger partial charge in [0.2, 0.25) is 0 Å². The number of hydrogen-bond donors (Lipinski definition) is 0. The SMILES string of the molecule is Cc1ccc(C(Cl)CN(C)c2ccccc2)c(C)c1. The fourth-order valence-electron chi connectivity index (χ4n) is 2.30. The van der Waals surface area contributed by atoms with Crippen molar-refractivity contribution in [2.75, 3.05) is 18.5 Å². The molecule has 100 valence electrons. The summed E-state index contributed by atoms with van der Waals surface area (Å²) in [7, 11) is 2.08. The Labute approximate surface area is 120 Å². The molecule has 0 aliphatic heterocycles. The van der Waals surface area contributed by atoms with E-state index in [2.05, 4.69) is 56.1 Å². The molecule has 0 fully saturated rings. The van der Waals surface area contributed by atoms with Crippen molar-refractivity contribution in [1.82, 2.24) is 0 Å². The Hall–Kier alpha value is -1.47. The Bertz CT molecular complexity index is 536. The van der Waals surface area contributed by atoms with E-state index in [9.17, 15) is 0 Å². The Morgan fingerprint density at radius 3 is 2.37 bits per heavy atom. The smallest absolute Gasteiger partial charge is 0.0762 e. The topological polar surface area (TPSA) is 3.24 Å². The van der Waals surface area contributed by atoms with Gasteiger partial charge in [-0.25, -0.2) is 0 Å². The maximum atomic E-state index is 6.57. The Morgan fingerprint density at radius 2 is 1.74 bits per heavy atom. The van der Waals surface area contributed by atoms with Crippen LogP contribution in [0.15, 0.2) is 48.5 Å². The van der Waals surface area contributed by atoms with Crippen LogP contribution in [0.2, 0.25) is 0 Å². The van der Waals surface area contributed by atoms with Gasteiger partial charge >= 0.3 is 0 Å². The van der Waals surface area contributed by atoms with Crippen LogP contribution in [0.25, 0.3) is 0 Å². The van der Waals surface area contributed by atoms with Crippen molar-refractivity contribution in [3.8, 4) is 0 Å². The summed E-state index contributed by atoms with van der Waals surface area (Å²) in [6, 6.07) is 16.8. The van der Waals surface area contributed by atoms with Gasteiger partial charge in [-0.05, 0) is 37.1 Å². The number of rotatable bonds is 4. The molecule has 2 aromatic rings. The highest BCUT2D eigenvalue weighted by molar-refractivity contribution is 6.21. The molecule has 0 saturated carbocycles. The molecule has 0 aliphatic carbocycles. The largest absolute Gasteiger partial charge is 0.373 e. The molecule has 1 atom stereocenters. The van der Waals surface area contributed by atoms with Crippen molar-refractivity contribution in [2.45, 2.75) is 19.2 Å². The molecule has 0 aliphatic rings. The predicted octanol–water partition coefficient (Wildman–Crippen LogP) is 4.72. The van der Waals surface area contributed by atoms with E-state index in [1.807, 2.05) is 18.2 Å². The third-order valence-corrected chi connectivity index (χ3v) is 3.77. The molecule has 2 aromatic carbocycles. The molecule has 0 spiro atoms. The Morgan fingerprint density at radius 1 is 1.05 bits per heavy atom. The molecule has 0 radical (unpaired) electrons. The van der Waals surface area contributed by atoms with E-state index in [-0.39, 0.29) is 5.38 Å². The standard InChI is InChI=1S/C17H20ClN/c1-13-9-10-16(14(2)11-13)17(18)12-19(3)15-7-5-4-6-8-15/h4-11,17H,12H2,1-3H3. The molecule has 0 aromatic heterocycles. The summed E-state index contributed by atoms with van der Waals surface area (Å²) in [6.45, 7) is 5.03. The first kappa shape index (κ1) is 14.0. The number of para-hydroxylation sites is 1. The van der Waals surface area contributed by atoms with Crippen LogP contribution in [0.5, 0.6) is 0 Å². The maximum absolute atomic E-state index is 6.57. The summed E-state index contributed by atoms with van der Waals surface area (Å²) in [6.07, 6.45) is 0. The lowest BCUT2D eigenvalue weighted by molar-refractivity contribution is 0.845. The molecular weight excluding hydrogens is 254 g/mol. The first-order chi connectivity index (χ1) is 9.08. The summed E-state index contributed by atoms with van der Waals surface area (Å²) < 4.78 is 0. The zero-order valence-electron chi connectivity index (χ0n) is 11.7. The van der Waals surface area contributed by atoms with Crippen molar-refractivity contribution in [2.24, 2.45) is 0 Å². The van der Waals surface area contributed by atoms with Gasteiger partial charge < -0.3 is 4.90 Å². The third kappa shape index (κ3) is 3.51. The van der Waals surface area contributed by atoms with E-state index in [1.54, 1.807) is 0 Å². The van der Waals surface area contributed by atoms with E-state index in [0.717, 1.165) is 6.54 Å². The van der Waals surface area contributed by atoms with Crippen LogP contribution in [0, 0.1) is 13.8 Å². The van der Waals surface area contributed by atoms with Crippen LogP contribution >= 0.6 is 11.6 Å². The number of hydrogen-bond acceptors (Lipinski definition) is 1. The molecular formula is C17H20ClN. The zero-order chi connectivity index (χ0) is 13.8. The number of benzene rings is 2. The molecule has 1 unspecified atom stereocenters. The molecule has 0 N–H and O–H groups in total. The fraction of sp³-hybridized carbons (Fsp3) is 0.294. The van der Waals surface area contributed by atoms with E-state index < -0.39 is 0 Å². The van der Waals surface area contributed by atoms with E-state index >= 15 is 0 Å². The summed E-state index contributed by atoms with van der Waals surface area (Å²) in [5, 5.41) is 0.00538. The second-order valence-corrected chi connectivity index (χ2v) is 5.57. The minimum Gasteiger partial charge on any atom is -0.373 e. The van der Waals surface area contributed by atoms with Crippen LogP contribution in [-0.4, -0.2) is 13.6 Å². The average molecular weight is 274 g/mol. The zero-order valence-corrected chi connectivity index (χ0v) is 12.5. The summed E-state index contributed by atoms with van der Waals surface area (Å²) in [5.74, 6) is 0. The average Bonchev–Trinajstić information content (AvgIpc) is 2.39. The Balaban J connectivity index is 2.10. The first-order valence-electron chi connectivity index (χ1n) is 6.55. The minimum atomic E-state index is 0.00538. The van der Waals surface area contributed by atoms with Gasteiger partial charge in [-0.15, -0.1) is 11.6 Å². The number of nitrogens with zero attached hydrogens (tertiary/aromatic N) is 1. The van der Waals surface area contributed by atoms with Crippen molar-refractivity contribution in [3.05, 3.63) is 65.2 Å². The van der Waals surface area contributed by atoms with Gasteiger partial charge in [-0.2, -0.15) is 0 Å². The normalized spacial score (nSPS) is 12.2. The lowest BCUT2D eigenvalue weighted by atomic mass is 10.0. The number of alkyl halides is 1.